The van der Waals surface area contributed by atoms with E-state index in [-0.39, 0.29) is 6.04 Å². The Bertz CT molecular complexity index is 1020. The van der Waals surface area contributed by atoms with Gasteiger partial charge in [0.2, 0.25) is 0 Å². The van der Waals surface area contributed by atoms with E-state index in [4.69, 9.17) is 11.6 Å². The minimum absolute atomic E-state index is 0.104. The van der Waals surface area contributed by atoms with Gasteiger partial charge in [-0.05, 0) is 104 Å². The molecule has 2 unspecified atom stereocenters. The number of rotatable bonds is 6. The van der Waals surface area contributed by atoms with E-state index in [1.54, 1.807) is 0 Å². The molecule has 0 aromatic heterocycles. The number of aliphatic carboxylic acids is 1. The molecule has 4 N–H and O–H groups in total. The summed E-state index contributed by atoms with van der Waals surface area (Å²) in [6.07, 6.45) is 8.38. The molecule has 0 spiro atoms. The molecular formula is C27H32ClN3O2. The van der Waals surface area contributed by atoms with Gasteiger partial charge in [0.25, 0.3) is 0 Å². The minimum Gasteiger partial charge on any atom is -0.481 e. The summed E-state index contributed by atoms with van der Waals surface area (Å²) in [4.78, 5) is 11.4. The van der Waals surface area contributed by atoms with Gasteiger partial charge in [0, 0.05) is 24.5 Å². The van der Waals surface area contributed by atoms with Gasteiger partial charge in [-0.3, -0.25) is 4.79 Å². The summed E-state index contributed by atoms with van der Waals surface area (Å²) in [5.74, 6) is 1.60. The van der Waals surface area contributed by atoms with Crippen molar-refractivity contribution < 1.29 is 9.90 Å². The zero-order valence-corrected chi connectivity index (χ0v) is 19.6. The molecule has 4 saturated carbocycles. The zero-order valence-electron chi connectivity index (χ0n) is 18.8. The van der Waals surface area contributed by atoms with E-state index < -0.39 is 11.9 Å². The van der Waals surface area contributed by atoms with Gasteiger partial charge < -0.3 is 21.1 Å². The summed E-state index contributed by atoms with van der Waals surface area (Å²) in [5.41, 5.74) is 4.60. The fourth-order valence-electron chi connectivity index (χ4n) is 7.52. The highest BCUT2D eigenvalue weighted by Crippen LogP contribution is 2.61. The molecule has 5 fully saturated rings. The van der Waals surface area contributed by atoms with Crippen LogP contribution >= 0.6 is 11.6 Å². The molecule has 174 valence electrons. The first-order valence-corrected chi connectivity index (χ1v) is 12.7. The van der Waals surface area contributed by atoms with E-state index in [0.29, 0.717) is 18.5 Å². The Morgan fingerprint density at radius 1 is 0.939 bits per heavy atom. The summed E-state index contributed by atoms with van der Waals surface area (Å²) >= 11 is 6.77. The number of carboxylic acid groups (broad SMARTS) is 1. The summed E-state index contributed by atoms with van der Waals surface area (Å²) < 4.78 is 0. The summed E-state index contributed by atoms with van der Waals surface area (Å²) in [6.45, 7) is 1.16. The second-order valence-electron chi connectivity index (χ2n) is 10.9. The zero-order chi connectivity index (χ0) is 22.6. The molecule has 2 atom stereocenters. The Morgan fingerprint density at radius 2 is 1.58 bits per heavy atom. The largest absolute Gasteiger partial charge is 0.481 e. The number of hydrogen-bond acceptors (Lipinski definition) is 4. The average Bonchev–Trinajstić information content (AvgIpc) is 3.24. The Kier molecular flexibility index (Phi) is 5.30. The lowest BCUT2D eigenvalue weighted by molar-refractivity contribution is -0.141. The molecule has 7 rings (SSSR count). The number of benzene rings is 2. The van der Waals surface area contributed by atoms with Crippen molar-refractivity contribution in [3.05, 3.63) is 53.1 Å². The van der Waals surface area contributed by atoms with Crippen LogP contribution in [0.25, 0.3) is 0 Å². The molecule has 6 heteroatoms. The van der Waals surface area contributed by atoms with E-state index in [9.17, 15) is 9.90 Å². The first-order chi connectivity index (χ1) is 16.0. The predicted molar refractivity (Wildman–Crippen MR) is 132 cm³/mol. The number of hydrogen-bond donors (Lipinski definition) is 4. The lowest BCUT2D eigenvalue weighted by atomic mass is 9.48. The average molecular weight is 466 g/mol. The minimum atomic E-state index is -0.762. The van der Waals surface area contributed by atoms with E-state index in [0.717, 1.165) is 39.8 Å². The van der Waals surface area contributed by atoms with Gasteiger partial charge in [0.15, 0.2) is 0 Å². The van der Waals surface area contributed by atoms with Crippen LogP contribution in [0.4, 0.5) is 17.1 Å². The molecule has 1 heterocycles. The highest BCUT2D eigenvalue weighted by molar-refractivity contribution is 6.33. The van der Waals surface area contributed by atoms with Crippen LogP contribution in [0.5, 0.6) is 0 Å². The Hall–Kier alpha value is -2.24. The number of nitrogens with one attached hydrogen (secondary N) is 3. The summed E-state index contributed by atoms with van der Waals surface area (Å²) in [7, 11) is 0. The van der Waals surface area contributed by atoms with Crippen molar-refractivity contribution in [1.82, 2.24) is 5.32 Å². The maximum atomic E-state index is 11.4. The molecule has 2 aromatic rings. The molecule has 0 radical (unpaired) electrons. The third-order valence-electron chi connectivity index (χ3n) is 8.67. The van der Waals surface area contributed by atoms with Crippen molar-refractivity contribution in [2.24, 2.45) is 23.7 Å². The molecule has 4 bridgehead atoms. The molecule has 1 aliphatic heterocycles. The molecule has 5 nitrogen and oxygen atoms in total. The number of anilines is 3. The van der Waals surface area contributed by atoms with Crippen LogP contribution in [-0.2, 0) is 10.2 Å². The van der Waals surface area contributed by atoms with Crippen molar-refractivity contribution >= 4 is 34.6 Å². The Labute approximate surface area is 200 Å². The van der Waals surface area contributed by atoms with Gasteiger partial charge in [-0.15, -0.1) is 0 Å². The SMILES string of the molecule is O=C(O)C1CNCC1Nc1ccc(Nc2ccc(C34CC5CC(CC(C5)C3)C4)cc2Cl)cc1. The quantitative estimate of drug-likeness (QED) is 0.444. The third kappa shape index (κ3) is 4.00. The first-order valence-electron chi connectivity index (χ1n) is 12.3. The predicted octanol–water partition coefficient (Wildman–Crippen LogP) is 5.64. The van der Waals surface area contributed by atoms with Gasteiger partial charge >= 0.3 is 5.97 Å². The monoisotopic (exact) mass is 465 g/mol. The summed E-state index contributed by atoms with van der Waals surface area (Å²) in [6, 6.07) is 14.5. The van der Waals surface area contributed by atoms with Gasteiger partial charge in [-0.2, -0.15) is 0 Å². The van der Waals surface area contributed by atoms with Crippen molar-refractivity contribution in [2.75, 3.05) is 23.7 Å². The topological polar surface area (TPSA) is 73.4 Å². The second kappa shape index (κ2) is 8.21. The fourth-order valence-corrected chi connectivity index (χ4v) is 7.75. The van der Waals surface area contributed by atoms with Gasteiger partial charge in [0.05, 0.1) is 22.7 Å². The standard InChI is InChI=1S/C27H32ClN3O2/c28-23-10-19(27-11-16-7-17(12-27)9-18(8-16)13-27)1-6-24(23)30-20-2-4-21(5-3-20)31-25-15-29-14-22(25)26(32)33/h1-6,10,16-18,22,25,29-31H,7-9,11-15H2,(H,32,33). The van der Waals surface area contributed by atoms with E-state index in [1.165, 1.54) is 44.1 Å². The molecular weight excluding hydrogens is 434 g/mol. The highest BCUT2D eigenvalue weighted by atomic mass is 35.5. The lowest BCUT2D eigenvalue weighted by Crippen LogP contribution is -2.48. The van der Waals surface area contributed by atoms with Crippen LogP contribution in [0.15, 0.2) is 42.5 Å². The van der Waals surface area contributed by atoms with Crippen LogP contribution in [0.1, 0.15) is 44.1 Å². The van der Waals surface area contributed by atoms with Crippen LogP contribution in [0, 0.1) is 23.7 Å². The Morgan fingerprint density at radius 3 is 2.18 bits per heavy atom. The number of halogens is 1. The van der Waals surface area contributed by atoms with Crippen molar-refractivity contribution in [1.29, 1.82) is 0 Å². The molecule has 4 aliphatic carbocycles. The van der Waals surface area contributed by atoms with Crippen molar-refractivity contribution in [3.8, 4) is 0 Å². The smallest absolute Gasteiger partial charge is 0.309 e. The summed E-state index contributed by atoms with van der Waals surface area (Å²) in [5, 5.41) is 20.1. The lowest BCUT2D eigenvalue weighted by Gasteiger charge is -2.57. The first kappa shape index (κ1) is 21.3. The third-order valence-corrected chi connectivity index (χ3v) is 8.98. The van der Waals surface area contributed by atoms with Gasteiger partial charge in [-0.1, -0.05) is 17.7 Å². The van der Waals surface area contributed by atoms with Crippen LogP contribution < -0.4 is 16.0 Å². The van der Waals surface area contributed by atoms with Crippen molar-refractivity contribution in [2.45, 2.75) is 50.0 Å². The number of carboxylic acids is 1. The molecule has 5 aliphatic rings. The maximum absolute atomic E-state index is 11.4. The molecule has 2 aromatic carbocycles. The van der Waals surface area contributed by atoms with E-state index in [2.05, 4.69) is 34.1 Å². The van der Waals surface area contributed by atoms with Crippen molar-refractivity contribution in [3.63, 3.8) is 0 Å². The van der Waals surface area contributed by atoms with Gasteiger partial charge in [0.1, 0.15) is 0 Å². The van der Waals surface area contributed by atoms with E-state index >= 15 is 0 Å². The molecule has 1 saturated heterocycles. The van der Waals surface area contributed by atoms with E-state index in [1.807, 2.05) is 24.3 Å². The fraction of sp³-hybridized carbons (Fsp3) is 0.519. The Balaban J connectivity index is 1.14. The maximum Gasteiger partial charge on any atom is 0.309 e. The second-order valence-corrected chi connectivity index (χ2v) is 11.4. The highest BCUT2D eigenvalue weighted by Gasteiger charge is 2.51. The molecule has 33 heavy (non-hydrogen) atoms. The van der Waals surface area contributed by atoms with Crippen LogP contribution in [0.3, 0.4) is 0 Å². The number of carbonyl (C=O) groups is 1. The normalized spacial score (nSPS) is 34.4. The van der Waals surface area contributed by atoms with Crippen LogP contribution in [-0.4, -0.2) is 30.2 Å². The van der Waals surface area contributed by atoms with Gasteiger partial charge in [-0.25, -0.2) is 0 Å². The van der Waals surface area contributed by atoms with Crippen LogP contribution in [0.2, 0.25) is 5.02 Å². The molecule has 0 amide bonds.